The van der Waals surface area contributed by atoms with E-state index in [0.29, 0.717) is 5.69 Å². The monoisotopic (exact) mass is 326 g/mol. The summed E-state index contributed by atoms with van der Waals surface area (Å²) in [6.07, 6.45) is -0.571. The summed E-state index contributed by atoms with van der Waals surface area (Å²) in [5.74, 6) is 0. The second kappa shape index (κ2) is 6.30. The molecule has 110 valence electrons. The van der Waals surface area contributed by atoms with Crippen LogP contribution >= 0.6 is 23.2 Å². The van der Waals surface area contributed by atoms with E-state index >= 15 is 0 Å². The van der Waals surface area contributed by atoms with Crippen molar-refractivity contribution in [2.75, 3.05) is 5.32 Å². The number of aliphatic hydroxyl groups is 1. The number of hydrogen-bond donors (Lipinski definition) is 2. The molecule has 2 rings (SSSR count). The highest BCUT2D eigenvalue weighted by molar-refractivity contribution is 6.42. The summed E-state index contributed by atoms with van der Waals surface area (Å²) in [6.45, 7) is 1.66. The second-order valence-electron chi connectivity index (χ2n) is 4.46. The van der Waals surface area contributed by atoms with E-state index in [1.54, 1.807) is 31.2 Å². The van der Waals surface area contributed by atoms with Crippen LogP contribution in [0.2, 0.25) is 10.0 Å². The summed E-state index contributed by atoms with van der Waals surface area (Å²) in [5.41, 5.74) is 1.48. The molecule has 0 heterocycles. The zero-order chi connectivity index (χ0) is 15.6. The van der Waals surface area contributed by atoms with Gasteiger partial charge in [-0.25, -0.2) is 0 Å². The standard InChI is InChI=1S/C14H12Cl2N2O3/c1-8(19)9-2-4-10(5-3-9)17-13-6-11(15)12(16)7-14(13)18(20)21/h2-8,17,19H,1H3. The minimum atomic E-state index is -0.571. The number of rotatable bonds is 4. The molecule has 0 radical (unpaired) electrons. The maximum atomic E-state index is 11.0. The van der Waals surface area contributed by atoms with Crippen molar-refractivity contribution >= 4 is 40.3 Å². The number of halogens is 2. The molecule has 1 unspecified atom stereocenters. The summed E-state index contributed by atoms with van der Waals surface area (Å²) in [6, 6.07) is 9.51. The molecule has 0 aliphatic heterocycles. The summed E-state index contributed by atoms with van der Waals surface area (Å²) in [5, 5.41) is 23.8. The fourth-order valence-corrected chi connectivity index (χ4v) is 2.11. The molecule has 0 amide bonds. The van der Waals surface area contributed by atoms with Crippen molar-refractivity contribution in [3.8, 4) is 0 Å². The van der Waals surface area contributed by atoms with Gasteiger partial charge in [0.25, 0.3) is 5.69 Å². The van der Waals surface area contributed by atoms with E-state index in [2.05, 4.69) is 5.32 Å². The number of anilines is 2. The van der Waals surface area contributed by atoms with Crippen molar-refractivity contribution in [3.63, 3.8) is 0 Å². The fraction of sp³-hybridized carbons (Fsp3) is 0.143. The van der Waals surface area contributed by atoms with E-state index in [1.165, 1.54) is 12.1 Å². The average molecular weight is 327 g/mol. The lowest BCUT2D eigenvalue weighted by Gasteiger charge is -2.10. The van der Waals surface area contributed by atoms with Gasteiger partial charge in [0.1, 0.15) is 5.69 Å². The van der Waals surface area contributed by atoms with Gasteiger partial charge in [0.15, 0.2) is 0 Å². The summed E-state index contributed by atoms with van der Waals surface area (Å²) in [7, 11) is 0. The van der Waals surface area contributed by atoms with Crippen molar-refractivity contribution in [1.29, 1.82) is 0 Å². The normalized spacial score (nSPS) is 12.0. The SMILES string of the molecule is CC(O)c1ccc(Nc2cc(Cl)c(Cl)cc2[N+](=O)[O-])cc1. The van der Waals surface area contributed by atoms with E-state index in [9.17, 15) is 15.2 Å². The Morgan fingerprint density at radius 1 is 1.19 bits per heavy atom. The molecule has 0 saturated heterocycles. The molecule has 0 saturated carbocycles. The van der Waals surface area contributed by atoms with Crippen LogP contribution in [-0.4, -0.2) is 10.0 Å². The van der Waals surface area contributed by atoms with Gasteiger partial charge < -0.3 is 10.4 Å². The van der Waals surface area contributed by atoms with E-state index in [4.69, 9.17) is 23.2 Å². The van der Waals surface area contributed by atoms with Gasteiger partial charge in [-0.05, 0) is 30.7 Å². The van der Waals surface area contributed by atoms with Crippen LogP contribution in [0.15, 0.2) is 36.4 Å². The number of nitrogens with one attached hydrogen (secondary N) is 1. The summed E-state index contributed by atoms with van der Waals surface area (Å²) < 4.78 is 0. The smallest absolute Gasteiger partial charge is 0.294 e. The van der Waals surface area contributed by atoms with Gasteiger partial charge in [-0.3, -0.25) is 10.1 Å². The number of nitro benzene ring substituents is 1. The number of nitrogens with zero attached hydrogens (tertiary/aromatic N) is 1. The van der Waals surface area contributed by atoms with Crippen molar-refractivity contribution < 1.29 is 10.0 Å². The Labute approximate surface area is 131 Å². The largest absolute Gasteiger partial charge is 0.389 e. The minimum absolute atomic E-state index is 0.123. The zero-order valence-corrected chi connectivity index (χ0v) is 12.5. The van der Waals surface area contributed by atoms with Crippen LogP contribution in [0, 0.1) is 10.1 Å². The molecule has 0 bridgehead atoms. The lowest BCUT2D eigenvalue weighted by molar-refractivity contribution is -0.383. The highest BCUT2D eigenvalue weighted by atomic mass is 35.5. The molecule has 0 aliphatic rings. The van der Waals surface area contributed by atoms with Crippen molar-refractivity contribution in [3.05, 3.63) is 62.1 Å². The van der Waals surface area contributed by atoms with E-state index in [-0.39, 0.29) is 21.4 Å². The predicted octanol–water partition coefficient (Wildman–Crippen LogP) is 4.70. The first-order chi connectivity index (χ1) is 9.88. The highest BCUT2D eigenvalue weighted by Gasteiger charge is 2.17. The quantitative estimate of drug-likeness (QED) is 0.630. The van der Waals surface area contributed by atoms with Crippen molar-refractivity contribution in [2.45, 2.75) is 13.0 Å². The molecule has 7 heteroatoms. The van der Waals surface area contributed by atoms with Gasteiger partial charge in [-0.1, -0.05) is 35.3 Å². The van der Waals surface area contributed by atoms with E-state index in [1.807, 2.05) is 0 Å². The van der Waals surface area contributed by atoms with E-state index < -0.39 is 11.0 Å². The molecule has 1 atom stereocenters. The lowest BCUT2D eigenvalue weighted by Crippen LogP contribution is -1.98. The zero-order valence-electron chi connectivity index (χ0n) is 11.0. The van der Waals surface area contributed by atoms with Crippen LogP contribution in [-0.2, 0) is 0 Å². The highest BCUT2D eigenvalue weighted by Crippen LogP contribution is 2.35. The summed E-state index contributed by atoms with van der Waals surface area (Å²) in [4.78, 5) is 10.5. The Morgan fingerprint density at radius 2 is 1.76 bits per heavy atom. The average Bonchev–Trinajstić information content (AvgIpc) is 2.43. The third kappa shape index (κ3) is 3.64. The van der Waals surface area contributed by atoms with Crippen LogP contribution in [0.3, 0.4) is 0 Å². The Bertz CT molecular complexity index is 673. The number of aliphatic hydroxyl groups excluding tert-OH is 1. The van der Waals surface area contributed by atoms with Crippen LogP contribution in [0.1, 0.15) is 18.6 Å². The fourth-order valence-electron chi connectivity index (χ4n) is 1.79. The Hall–Kier alpha value is -1.82. The predicted molar refractivity (Wildman–Crippen MR) is 83.5 cm³/mol. The Balaban J connectivity index is 2.34. The van der Waals surface area contributed by atoms with Crippen molar-refractivity contribution in [1.82, 2.24) is 0 Å². The molecule has 0 aromatic heterocycles. The molecular weight excluding hydrogens is 315 g/mol. The van der Waals surface area contributed by atoms with Crippen molar-refractivity contribution in [2.24, 2.45) is 0 Å². The lowest BCUT2D eigenvalue weighted by atomic mass is 10.1. The van der Waals surface area contributed by atoms with Crippen LogP contribution in [0.5, 0.6) is 0 Å². The summed E-state index contributed by atoms with van der Waals surface area (Å²) >= 11 is 11.7. The second-order valence-corrected chi connectivity index (χ2v) is 5.28. The van der Waals surface area contributed by atoms with Gasteiger partial charge in [-0.2, -0.15) is 0 Å². The van der Waals surface area contributed by atoms with Gasteiger partial charge in [-0.15, -0.1) is 0 Å². The molecule has 5 nitrogen and oxygen atoms in total. The number of hydrogen-bond acceptors (Lipinski definition) is 4. The first-order valence-corrected chi connectivity index (χ1v) is 6.82. The molecule has 0 fully saturated rings. The van der Waals surface area contributed by atoms with Gasteiger partial charge >= 0.3 is 0 Å². The first kappa shape index (κ1) is 15.6. The Kier molecular flexibility index (Phi) is 4.67. The molecule has 2 N–H and O–H groups in total. The maximum Gasteiger partial charge on any atom is 0.294 e. The van der Waals surface area contributed by atoms with Crippen LogP contribution in [0.4, 0.5) is 17.1 Å². The molecule has 2 aromatic carbocycles. The van der Waals surface area contributed by atoms with Gasteiger partial charge in [0.2, 0.25) is 0 Å². The minimum Gasteiger partial charge on any atom is -0.389 e. The molecule has 21 heavy (non-hydrogen) atoms. The maximum absolute atomic E-state index is 11.0. The van der Waals surface area contributed by atoms with E-state index in [0.717, 1.165) is 5.56 Å². The number of nitro groups is 1. The van der Waals surface area contributed by atoms with Gasteiger partial charge in [0.05, 0.1) is 21.1 Å². The molecule has 2 aromatic rings. The first-order valence-electron chi connectivity index (χ1n) is 6.07. The van der Waals surface area contributed by atoms with Gasteiger partial charge in [0, 0.05) is 11.8 Å². The third-order valence-corrected chi connectivity index (χ3v) is 3.63. The van der Waals surface area contributed by atoms with Crippen LogP contribution < -0.4 is 5.32 Å². The third-order valence-electron chi connectivity index (χ3n) is 2.91. The molecular formula is C14H12Cl2N2O3. The van der Waals surface area contributed by atoms with Crippen LogP contribution in [0.25, 0.3) is 0 Å². The number of benzene rings is 2. The Morgan fingerprint density at radius 3 is 2.29 bits per heavy atom. The molecule has 0 spiro atoms. The molecule has 0 aliphatic carbocycles. The topological polar surface area (TPSA) is 75.4 Å².